The second-order valence-corrected chi connectivity index (χ2v) is 18.3. The molecule has 0 aliphatic heterocycles. The molecule has 0 aliphatic rings. The van der Waals surface area contributed by atoms with E-state index in [1.165, 1.54) is 12.4 Å². The summed E-state index contributed by atoms with van der Waals surface area (Å²) in [4.78, 5) is 78.0. The van der Waals surface area contributed by atoms with E-state index in [4.69, 9.17) is 38.5 Å². The number of pyridine rings is 2. The molecule has 13 nitrogen and oxygen atoms in total. The molecule has 3 amide bonds. The fourth-order valence-corrected chi connectivity index (χ4v) is 6.17. The van der Waals surface area contributed by atoms with Crippen LogP contribution in [0, 0.1) is 0 Å². The summed E-state index contributed by atoms with van der Waals surface area (Å²) in [6.45, 7) is 17.5. The molecule has 0 saturated heterocycles. The molecule has 0 atom stereocenters. The topological polar surface area (TPSA) is 205 Å². The molecule has 0 radical (unpaired) electrons. The lowest BCUT2D eigenvalue weighted by Crippen LogP contribution is -2.27. The van der Waals surface area contributed by atoms with Crippen molar-refractivity contribution in [3.8, 4) is 0 Å². The number of aromatic nitrogens is 2. The molecule has 18 heteroatoms. The molecule has 2 heterocycles. The monoisotopic (exact) mass is 984 g/mol. The predicted octanol–water partition coefficient (Wildman–Crippen LogP) is 12.5. The molecule has 0 unspecified atom stereocenters. The number of amides is 3. The third-order valence-corrected chi connectivity index (χ3v) is 9.02. The SMILES string of the molecule is C.C.CC(C)(C)OC(=O)Nc1ccc(C(C)(C)C)c(NC(=O)c2c[nH]c3ccccc3c2=O)c1.CC(C)(C)c1ccc(N)cc1NC(=O)c1c[nH]c2ccccc2c1=O.ClCCl.O=CC(F)(F)F. The zero-order valence-corrected chi connectivity index (χ0v) is 39.4. The summed E-state index contributed by atoms with van der Waals surface area (Å²) in [5.74, 6) is -0.986. The van der Waals surface area contributed by atoms with Gasteiger partial charge in [0.2, 0.25) is 17.1 Å². The van der Waals surface area contributed by atoms with Gasteiger partial charge in [-0.25, -0.2) is 4.79 Å². The number of rotatable bonds is 5. The van der Waals surface area contributed by atoms with Crippen molar-refractivity contribution in [1.82, 2.24) is 9.97 Å². The van der Waals surface area contributed by atoms with Gasteiger partial charge in [0.1, 0.15) is 16.7 Å². The molecule has 68 heavy (non-hydrogen) atoms. The Morgan fingerprint density at radius 3 is 1.41 bits per heavy atom. The van der Waals surface area contributed by atoms with E-state index in [0.29, 0.717) is 44.6 Å². The number of H-pyrrole nitrogens is 2. The summed E-state index contributed by atoms with van der Waals surface area (Å²) in [5.41, 5.74) is 9.51. The number of nitrogens with one attached hydrogen (secondary N) is 5. The summed E-state index contributed by atoms with van der Waals surface area (Å²) >= 11 is 9.53. The van der Waals surface area contributed by atoms with Gasteiger partial charge in [-0.05, 0) is 91.3 Å². The Balaban J connectivity index is 0.000000572. The minimum atomic E-state index is -4.64. The van der Waals surface area contributed by atoms with Gasteiger partial charge in [0.15, 0.2) is 0 Å². The number of fused-ring (bicyclic) bond motifs is 2. The number of halogens is 5. The molecule has 6 aromatic rings. The summed E-state index contributed by atoms with van der Waals surface area (Å²) in [6.07, 6.45) is -3.43. The molecular weight excluding hydrogens is 924 g/mol. The van der Waals surface area contributed by atoms with Gasteiger partial charge < -0.3 is 31.1 Å². The second kappa shape index (κ2) is 24.9. The van der Waals surface area contributed by atoms with Gasteiger partial charge in [0.05, 0.1) is 5.34 Å². The van der Waals surface area contributed by atoms with E-state index < -0.39 is 36.0 Å². The van der Waals surface area contributed by atoms with Crippen LogP contribution < -0.4 is 32.5 Å². The lowest BCUT2D eigenvalue weighted by Gasteiger charge is -2.24. The molecule has 2 aromatic heterocycles. The highest BCUT2D eigenvalue weighted by molar-refractivity contribution is 6.40. The number of aromatic amines is 2. The Hall–Kier alpha value is -6.65. The lowest BCUT2D eigenvalue weighted by atomic mass is 9.85. The van der Waals surface area contributed by atoms with Crippen LogP contribution in [0.1, 0.15) is 109 Å². The minimum absolute atomic E-state index is 0. The lowest BCUT2D eigenvalue weighted by molar-refractivity contribution is -0.156. The number of carbonyl (C=O) groups is 4. The number of nitrogen functional groups attached to an aromatic ring is 1. The number of hydrogen-bond donors (Lipinski definition) is 6. The number of para-hydroxylation sites is 2. The van der Waals surface area contributed by atoms with Crippen molar-refractivity contribution in [3.63, 3.8) is 0 Å². The predicted molar refractivity (Wildman–Crippen MR) is 272 cm³/mol. The molecule has 0 spiro atoms. The smallest absolute Gasteiger partial charge is 0.444 e. The van der Waals surface area contributed by atoms with E-state index in [1.807, 2.05) is 45.0 Å². The van der Waals surface area contributed by atoms with Crippen LogP contribution in [0.15, 0.2) is 107 Å². The van der Waals surface area contributed by atoms with Crippen LogP contribution >= 0.6 is 23.2 Å². The largest absolute Gasteiger partial charge is 0.446 e. The number of alkyl halides is 5. The van der Waals surface area contributed by atoms with Gasteiger partial charge in [-0.15, -0.1) is 23.2 Å². The van der Waals surface area contributed by atoms with Crippen LogP contribution in [-0.2, 0) is 20.4 Å². The number of ether oxygens (including phenoxy) is 1. The quantitative estimate of drug-likeness (QED) is 0.0555. The summed E-state index contributed by atoms with van der Waals surface area (Å²) in [7, 11) is 0. The summed E-state index contributed by atoms with van der Waals surface area (Å²) < 4.78 is 36.6. The van der Waals surface area contributed by atoms with Gasteiger partial charge in [-0.3, -0.25) is 29.3 Å². The second-order valence-electron chi connectivity index (χ2n) is 17.5. The summed E-state index contributed by atoms with van der Waals surface area (Å²) in [6, 6.07) is 24.8. The Labute approximate surface area is 404 Å². The van der Waals surface area contributed by atoms with E-state index in [1.54, 1.807) is 81.4 Å². The van der Waals surface area contributed by atoms with Gasteiger partial charge in [-0.1, -0.05) is 92.8 Å². The average molecular weight is 986 g/mol. The first-order valence-corrected chi connectivity index (χ1v) is 21.2. The third kappa shape index (κ3) is 17.5. The molecule has 6 rings (SSSR count). The Morgan fingerprint density at radius 2 is 1.03 bits per heavy atom. The number of aldehydes is 1. The zero-order valence-electron chi connectivity index (χ0n) is 37.8. The van der Waals surface area contributed by atoms with Gasteiger partial charge in [-0.2, -0.15) is 13.2 Å². The van der Waals surface area contributed by atoms with Crippen molar-refractivity contribution in [2.45, 2.75) is 99.8 Å². The van der Waals surface area contributed by atoms with Crippen molar-refractivity contribution in [2.75, 3.05) is 27.0 Å². The van der Waals surface area contributed by atoms with Crippen LogP contribution in [0.4, 0.5) is 40.7 Å². The van der Waals surface area contributed by atoms with Crippen LogP contribution in [0.25, 0.3) is 21.8 Å². The standard InChI is InChI=1S/C25H29N3O4.C20H21N3O2.C2HF3O.CH2Cl2.2CH4/c1-24(2,3)18-12-11-15(27-23(31)32-25(4,5)6)13-20(18)28-22(30)17-14-26-19-10-8-7-9-16(19)21(17)29;1-20(2,3)15-9-8-12(21)10-17(15)23-19(25)14-11-22-16-7-5-4-6-13(16)18(14)24;3-2(4,5)1-6;2-1-3;;/h7-14H,1-6H3,(H,26,29)(H,27,31)(H,28,30);4-11H,21H2,1-3H3,(H,22,24)(H,23,25);1H;1H2;2*1H4. The fraction of sp³-hybridized carbons (Fsp3) is 0.320. The molecule has 7 N–H and O–H groups in total. The van der Waals surface area contributed by atoms with Crippen LogP contribution in [0.2, 0.25) is 0 Å². The first kappa shape index (κ1) is 59.4. The van der Waals surface area contributed by atoms with Crippen molar-refractivity contribution < 1.29 is 37.1 Å². The number of benzene rings is 4. The molecule has 368 valence electrons. The highest BCUT2D eigenvalue weighted by Crippen LogP contribution is 2.33. The fourth-order valence-electron chi connectivity index (χ4n) is 6.17. The Bertz CT molecular complexity index is 2810. The van der Waals surface area contributed by atoms with E-state index in [9.17, 15) is 37.1 Å². The Kier molecular flexibility index (Phi) is 21.8. The van der Waals surface area contributed by atoms with Crippen LogP contribution in [0.3, 0.4) is 0 Å². The normalized spacial score (nSPS) is 11.0. The first-order chi connectivity index (χ1) is 30.6. The first-order valence-electron chi connectivity index (χ1n) is 20.1. The van der Waals surface area contributed by atoms with Crippen LogP contribution in [0.5, 0.6) is 0 Å². The van der Waals surface area contributed by atoms with E-state index in [0.717, 1.165) is 11.1 Å². The number of carbonyl (C=O) groups excluding carboxylic acids is 4. The maximum Gasteiger partial charge on any atom is 0.446 e. The summed E-state index contributed by atoms with van der Waals surface area (Å²) in [5, 5.41) is 9.50. The number of anilines is 4. The van der Waals surface area contributed by atoms with Crippen molar-refractivity contribution in [1.29, 1.82) is 0 Å². The number of hydrogen-bond acceptors (Lipinski definition) is 8. The van der Waals surface area contributed by atoms with Crippen molar-refractivity contribution in [2.24, 2.45) is 0 Å². The van der Waals surface area contributed by atoms with Gasteiger partial charge in [0, 0.05) is 56.9 Å². The maximum absolute atomic E-state index is 13.0. The minimum Gasteiger partial charge on any atom is -0.444 e. The average Bonchev–Trinajstić information content (AvgIpc) is 3.20. The van der Waals surface area contributed by atoms with E-state index in [-0.39, 0.29) is 53.0 Å². The van der Waals surface area contributed by atoms with Crippen molar-refractivity contribution >= 4 is 92.0 Å². The molecule has 4 aromatic carbocycles. The molecule has 0 aliphatic carbocycles. The zero-order chi connectivity index (χ0) is 49.8. The maximum atomic E-state index is 13.0. The number of nitrogens with two attached hydrogens (primary N) is 1. The van der Waals surface area contributed by atoms with E-state index >= 15 is 0 Å². The molecule has 0 fully saturated rings. The van der Waals surface area contributed by atoms with E-state index in [2.05, 4.69) is 46.7 Å². The molecule has 0 bridgehead atoms. The third-order valence-electron chi connectivity index (χ3n) is 9.02. The molecular formula is C50H61Cl2F3N6O7. The molecule has 0 saturated carbocycles. The highest BCUT2D eigenvalue weighted by atomic mass is 35.5. The van der Waals surface area contributed by atoms with Gasteiger partial charge >= 0.3 is 12.3 Å². The Morgan fingerprint density at radius 1 is 0.647 bits per heavy atom. The highest BCUT2D eigenvalue weighted by Gasteiger charge is 2.26. The van der Waals surface area contributed by atoms with Crippen molar-refractivity contribution in [3.05, 3.63) is 140 Å². The van der Waals surface area contributed by atoms with Gasteiger partial charge in [0.25, 0.3) is 11.8 Å². The van der Waals surface area contributed by atoms with Crippen LogP contribution in [-0.4, -0.2) is 51.3 Å².